The lowest BCUT2D eigenvalue weighted by Crippen LogP contribution is -2.41. The number of carbonyl (C=O) groups excluding carboxylic acids is 1. The van der Waals surface area contributed by atoms with E-state index in [0.29, 0.717) is 0 Å². The van der Waals surface area contributed by atoms with Crippen molar-refractivity contribution in [3.63, 3.8) is 0 Å². The molecule has 3 heteroatoms. The van der Waals surface area contributed by atoms with Gasteiger partial charge in [0.15, 0.2) is 0 Å². The second-order valence-corrected chi connectivity index (χ2v) is 5.83. The van der Waals surface area contributed by atoms with Crippen LogP contribution in [-0.4, -0.2) is 26.0 Å². The van der Waals surface area contributed by atoms with Crippen molar-refractivity contribution < 1.29 is 4.79 Å². The smallest absolute Gasteiger partial charge is 0.229 e. The number of benzene rings is 2. The number of para-hydroxylation sites is 2. The van der Waals surface area contributed by atoms with Gasteiger partial charge in [0.05, 0.1) is 0 Å². The van der Waals surface area contributed by atoms with Gasteiger partial charge in [-0.1, -0.05) is 36.4 Å². The molecular formula is C19H22N2O. The molecule has 0 bridgehead atoms. The summed E-state index contributed by atoms with van der Waals surface area (Å²) in [6.45, 7) is 1.89. The Morgan fingerprint density at radius 2 is 1.50 bits per heavy atom. The Kier molecular flexibility index (Phi) is 4.42. The van der Waals surface area contributed by atoms with Crippen molar-refractivity contribution in [1.82, 2.24) is 0 Å². The van der Waals surface area contributed by atoms with Crippen molar-refractivity contribution in [3.8, 4) is 0 Å². The highest BCUT2D eigenvalue weighted by Gasteiger charge is 2.27. The minimum Gasteiger partial charge on any atom is -0.371 e. The maximum Gasteiger partial charge on any atom is 0.229 e. The SMILES string of the molecule is CN(C(=O)C1CCN(c2ccccc2)CC1)c1ccccc1. The van der Waals surface area contributed by atoms with Crippen LogP contribution in [0.3, 0.4) is 0 Å². The van der Waals surface area contributed by atoms with Gasteiger partial charge in [0.25, 0.3) is 0 Å². The molecule has 0 radical (unpaired) electrons. The van der Waals surface area contributed by atoms with E-state index in [-0.39, 0.29) is 11.8 Å². The number of carbonyl (C=O) groups is 1. The zero-order chi connectivity index (χ0) is 15.4. The molecule has 0 unspecified atom stereocenters. The normalized spacial score (nSPS) is 15.6. The Morgan fingerprint density at radius 3 is 2.09 bits per heavy atom. The third-order valence-corrected chi connectivity index (χ3v) is 4.44. The van der Waals surface area contributed by atoms with Crippen LogP contribution >= 0.6 is 0 Å². The van der Waals surface area contributed by atoms with Gasteiger partial charge < -0.3 is 9.80 Å². The quantitative estimate of drug-likeness (QED) is 0.864. The van der Waals surface area contributed by atoms with Gasteiger partial charge in [-0.25, -0.2) is 0 Å². The molecule has 0 aromatic heterocycles. The molecule has 1 fully saturated rings. The standard InChI is InChI=1S/C19H22N2O/c1-20(17-8-4-2-5-9-17)19(22)16-12-14-21(15-13-16)18-10-6-3-7-11-18/h2-11,16H,12-15H2,1H3. The number of hydrogen-bond donors (Lipinski definition) is 0. The molecular weight excluding hydrogens is 272 g/mol. The number of nitrogens with zero attached hydrogens (tertiary/aromatic N) is 2. The molecule has 0 N–H and O–H groups in total. The number of rotatable bonds is 3. The van der Waals surface area contributed by atoms with Crippen LogP contribution < -0.4 is 9.80 Å². The zero-order valence-electron chi connectivity index (χ0n) is 13.0. The molecule has 0 saturated carbocycles. The first-order chi connectivity index (χ1) is 10.8. The van der Waals surface area contributed by atoms with Crippen molar-refractivity contribution >= 4 is 17.3 Å². The van der Waals surface area contributed by atoms with E-state index in [1.165, 1.54) is 5.69 Å². The van der Waals surface area contributed by atoms with Gasteiger partial charge in [0, 0.05) is 37.4 Å². The highest BCUT2D eigenvalue weighted by atomic mass is 16.2. The van der Waals surface area contributed by atoms with Crippen LogP contribution in [0.2, 0.25) is 0 Å². The van der Waals surface area contributed by atoms with E-state index in [2.05, 4.69) is 29.2 Å². The molecule has 1 saturated heterocycles. The topological polar surface area (TPSA) is 23.6 Å². The summed E-state index contributed by atoms with van der Waals surface area (Å²) in [6.07, 6.45) is 1.84. The molecule has 0 aliphatic carbocycles. The minimum atomic E-state index is 0.130. The summed E-state index contributed by atoms with van der Waals surface area (Å²) < 4.78 is 0. The Hall–Kier alpha value is -2.29. The second-order valence-electron chi connectivity index (χ2n) is 5.83. The Balaban J connectivity index is 1.60. The molecule has 3 rings (SSSR count). The molecule has 114 valence electrons. The van der Waals surface area contributed by atoms with Crippen LogP contribution in [0, 0.1) is 5.92 Å². The number of piperidine rings is 1. The number of hydrogen-bond acceptors (Lipinski definition) is 2. The summed E-state index contributed by atoms with van der Waals surface area (Å²) in [5.41, 5.74) is 2.22. The van der Waals surface area contributed by atoms with Crippen LogP contribution in [0.15, 0.2) is 60.7 Å². The Morgan fingerprint density at radius 1 is 0.955 bits per heavy atom. The average molecular weight is 294 g/mol. The predicted molar refractivity (Wildman–Crippen MR) is 91.2 cm³/mol. The van der Waals surface area contributed by atoms with Gasteiger partial charge in [-0.2, -0.15) is 0 Å². The van der Waals surface area contributed by atoms with Crippen LogP contribution in [0.4, 0.5) is 11.4 Å². The third kappa shape index (κ3) is 3.14. The van der Waals surface area contributed by atoms with Crippen molar-refractivity contribution in [2.24, 2.45) is 5.92 Å². The molecule has 1 heterocycles. The fourth-order valence-corrected chi connectivity index (χ4v) is 3.08. The molecule has 0 spiro atoms. The minimum absolute atomic E-state index is 0.130. The third-order valence-electron chi connectivity index (χ3n) is 4.44. The van der Waals surface area contributed by atoms with Crippen molar-refractivity contribution in [3.05, 3.63) is 60.7 Å². The summed E-state index contributed by atoms with van der Waals surface area (Å²) >= 11 is 0. The molecule has 1 aliphatic heterocycles. The van der Waals surface area contributed by atoms with Crippen LogP contribution in [-0.2, 0) is 4.79 Å². The summed E-state index contributed by atoms with van der Waals surface area (Å²) in [5.74, 6) is 0.365. The first-order valence-electron chi connectivity index (χ1n) is 7.88. The van der Waals surface area contributed by atoms with E-state index in [4.69, 9.17) is 0 Å². The summed E-state index contributed by atoms with van der Waals surface area (Å²) in [4.78, 5) is 16.8. The maximum absolute atomic E-state index is 12.6. The largest absolute Gasteiger partial charge is 0.371 e. The van der Waals surface area contributed by atoms with Gasteiger partial charge in [0.1, 0.15) is 0 Å². The summed E-state index contributed by atoms with van der Waals surface area (Å²) in [5, 5.41) is 0. The highest BCUT2D eigenvalue weighted by molar-refractivity contribution is 5.94. The first kappa shape index (κ1) is 14.6. The van der Waals surface area contributed by atoms with Gasteiger partial charge in [-0.3, -0.25) is 4.79 Å². The Bertz CT molecular complexity index is 604. The highest BCUT2D eigenvalue weighted by Crippen LogP contribution is 2.25. The van der Waals surface area contributed by atoms with E-state index in [9.17, 15) is 4.79 Å². The van der Waals surface area contributed by atoms with Crippen LogP contribution in [0.5, 0.6) is 0 Å². The average Bonchev–Trinajstić information content (AvgIpc) is 2.62. The van der Waals surface area contributed by atoms with E-state index < -0.39 is 0 Å². The lowest BCUT2D eigenvalue weighted by molar-refractivity contribution is -0.122. The maximum atomic E-state index is 12.6. The Labute approximate surface area is 132 Å². The summed E-state index contributed by atoms with van der Waals surface area (Å²) in [7, 11) is 1.88. The molecule has 1 aliphatic rings. The van der Waals surface area contributed by atoms with Crippen LogP contribution in [0.1, 0.15) is 12.8 Å². The van der Waals surface area contributed by atoms with E-state index in [0.717, 1.165) is 31.6 Å². The van der Waals surface area contributed by atoms with E-state index in [1.54, 1.807) is 4.90 Å². The first-order valence-corrected chi connectivity index (χ1v) is 7.88. The lowest BCUT2D eigenvalue weighted by Gasteiger charge is -2.34. The van der Waals surface area contributed by atoms with Gasteiger partial charge in [-0.15, -0.1) is 0 Å². The fraction of sp³-hybridized carbons (Fsp3) is 0.316. The predicted octanol–water partition coefficient (Wildman–Crippen LogP) is 3.57. The zero-order valence-corrected chi connectivity index (χ0v) is 13.0. The van der Waals surface area contributed by atoms with Crippen molar-refractivity contribution in [2.45, 2.75) is 12.8 Å². The number of anilines is 2. The van der Waals surface area contributed by atoms with Crippen LogP contribution in [0.25, 0.3) is 0 Å². The van der Waals surface area contributed by atoms with Gasteiger partial charge in [0.2, 0.25) is 5.91 Å². The molecule has 0 atom stereocenters. The number of amides is 1. The molecule has 2 aromatic carbocycles. The summed E-state index contributed by atoms with van der Waals surface area (Å²) in [6, 6.07) is 20.3. The molecule has 1 amide bonds. The van der Waals surface area contributed by atoms with E-state index >= 15 is 0 Å². The van der Waals surface area contributed by atoms with Crippen molar-refractivity contribution in [2.75, 3.05) is 29.9 Å². The molecule has 3 nitrogen and oxygen atoms in total. The molecule has 22 heavy (non-hydrogen) atoms. The van der Waals surface area contributed by atoms with Crippen molar-refractivity contribution in [1.29, 1.82) is 0 Å². The lowest BCUT2D eigenvalue weighted by atomic mass is 9.95. The molecule has 2 aromatic rings. The fourth-order valence-electron chi connectivity index (χ4n) is 3.08. The van der Waals surface area contributed by atoms with Gasteiger partial charge >= 0.3 is 0 Å². The second kappa shape index (κ2) is 6.65. The van der Waals surface area contributed by atoms with Gasteiger partial charge in [-0.05, 0) is 37.1 Å². The monoisotopic (exact) mass is 294 g/mol. The van der Waals surface area contributed by atoms with E-state index in [1.807, 2.05) is 43.4 Å².